The van der Waals surface area contributed by atoms with Crippen LogP contribution in [-0.4, -0.2) is 41.9 Å². The number of rotatable bonds is 14. The number of ether oxygens (including phenoxy) is 4. The van der Waals surface area contributed by atoms with E-state index in [0.717, 1.165) is 5.56 Å². The third-order valence-corrected chi connectivity index (χ3v) is 6.64. The van der Waals surface area contributed by atoms with E-state index in [2.05, 4.69) is 13.2 Å². The number of benzene rings is 1. The minimum absolute atomic E-state index is 0.0176. The van der Waals surface area contributed by atoms with Crippen LogP contribution in [0.1, 0.15) is 38.7 Å². The fraction of sp³-hybridized carbons (Fsp3) is 0.429. The highest BCUT2D eigenvalue weighted by molar-refractivity contribution is 7.88. The number of hydrogen-bond donors (Lipinski definition) is 0. The molecule has 0 N–H and O–H groups in total. The van der Waals surface area contributed by atoms with Crippen LogP contribution in [0.2, 0.25) is 0 Å². The number of methoxy groups -OCH3 is 1. The van der Waals surface area contributed by atoms with Crippen molar-refractivity contribution in [2.75, 3.05) is 13.9 Å². The van der Waals surface area contributed by atoms with Crippen molar-refractivity contribution >= 4 is 22.7 Å². The molecule has 0 bridgehead atoms. The van der Waals surface area contributed by atoms with Crippen LogP contribution in [0.15, 0.2) is 77.6 Å². The number of allylic oxidation sites excluding steroid dienone is 2. The van der Waals surface area contributed by atoms with Crippen molar-refractivity contribution in [1.82, 2.24) is 0 Å². The van der Waals surface area contributed by atoms with Crippen LogP contribution in [0, 0.1) is 18.8 Å². The average Bonchev–Trinajstić information content (AvgIpc) is 2.81. The molecule has 0 spiro atoms. The molecule has 36 heavy (non-hydrogen) atoms. The lowest BCUT2D eigenvalue weighted by Crippen LogP contribution is -2.48. The Morgan fingerprint density at radius 2 is 1.78 bits per heavy atom. The number of carbonyl (C=O) groups excluding carboxylic acids is 2. The van der Waals surface area contributed by atoms with E-state index in [9.17, 15) is 13.8 Å². The van der Waals surface area contributed by atoms with Gasteiger partial charge in [-0.3, -0.25) is 9.59 Å². The molecule has 1 unspecified atom stereocenters. The first-order valence-corrected chi connectivity index (χ1v) is 13.0. The van der Waals surface area contributed by atoms with Crippen LogP contribution >= 0.6 is 0 Å². The van der Waals surface area contributed by atoms with E-state index in [1.807, 2.05) is 31.2 Å². The molecular formula is C28H36O7S. The number of hydrogen-bond acceptors (Lipinski definition) is 7. The molecule has 8 heteroatoms. The molecule has 1 aliphatic rings. The van der Waals surface area contributed by atoms with E-state index >= 15 is 0 Å². The quantitative estimate of drug-likeness (QED) is 0.111. The largest absolute Gasteiger partial charge is 0.422 e. The average molecular weight is 517 g/mol. The fourth-order valence-electron chi connectivity index (χ4n) is 3.75. The molecule has 1 heterocycles. The first-order valence-electron chi connectivity index (χ1n) is 11.8. The second-order valence-electron chi connectivity index (χ2n) is 8.92. The Kier molecular flexibility index (Phi) is 11.5. The summed E-state index contributed by atoms with van der Waals surface area (Å²) in [5.41, 5.74) is 1.70. The summed E-state index contributed by atoms with van der Waals surface area (Å²) in [7, 11) is 0.0921. The third-order valence-electron chi connectivity index (χ3n) is 5.52. The monoisotopic (exact) mass is 516 g/mol. The Labute approximate surface area is 216 Å². The van der Waals surface area contributed by atoms with Crippen LogP contribution in [0.25, 0.3) is 0 Å². The highest BCUT2D eigenvalue weighted by Gasteiger charge is 2.46. The van der Waals surface area contributed by atoms with Gasteiger partial charge in [0.25, 0.3) is 5.79 Å². The summed E-state index contributed by atoms with van der Waals surface area (Å²) in [6.45, 7) is 12.6. The molecule has 196 valence electrons. The molecule has 1 aliphatic heterocycles. The summed E-state index contributed by atoms with van der Waals surface area (Å²) in [5.74, 6) is -4.32. The van der Waals surface area contributed by atoms with Crippen LogP contribution in [0.4, 0.5) is 0 Å². The summed E-state index contributed by atoms with van der Waals surface area (Å²) in [5, 5.41) is 1.56. The van der Waals surface area contributed by atoms with Crippen molar-refractivity contribution in [2.24, 2.45) is 11.8 Å². The third kappa shape index (κ3) is 8.69. The van der Waals surface area contributed by atoms with E-state index in [4.69, 9.17) is 18.9 Å². The van der Waals surface area contributed by atoms with Gasteiger partial charge in [-0.1, -0.05) is 35.9 Å². The summed E-state index contributed by atoms with van der Waals surface area (Å²) in [4.78, 5) is 26.3. The van der Waals surface area contributed by atoms with Gasteiger partial charge in [-0.05, 0) is 50.0 Å². The van der Waals surface area contributed by atoms with Crippen molar-refractivity contribution < 1.29 is 32.7 Å². The molecule has 0 saturated carbocycles. The Morgan fingerprint density at radius 1 is 1.14 bits per heavy atom. The predicted molar refractivity (Wildman–Crippen MR) is 139 cm³/mol. The molecule has 1 saturated heterocycles. The van der Waals surface area contributed by atoms with Gasteiger partial charge >= 0.3 is 11.9 Å². The van der Waals surface area contributed by atoms with Crippen molar-refractivity contribution in [3.05, 3.63) is 78.3 Å². The molecule has 0 radical (unpaired) electrons. The molecule has 0 aromatic heterocycles. The minimum atomic E-state index is -1.42. The predicted octanol–water partition coefficient (Wildman–Crippen LogP) is 5.14. The zero-order valence-corrected chi connectivity index (χ0v) is 22.3. The Hall–Kier alpha value is -2.81. The molecule has 2 rings (SSSR count). The summed E-state index contributed by atoms with van der Waals surface area (Å²) < 4.78 is 34.6. The van der Waals surface area contributed by atoms with Crippen LogP contribution < -0.4 is 0 Å². The van der Waals surface area contributed by atoms with Gasteiger partial charge < -0.3 is 18.9 Å². The number of esters is 2. The van der Waals surface area contributed by atoms with Crippen LogP contribution in [0.5, 0.6) is 0 Å². The topological polar surface area (TPSA) is 88.1 Å². The van der Waals surface area contributed by atoms with Gasteiger partial charge in [0, 0.05) is 37.2 Å². The smallest absolute Gasteiger partial charge is 0.324 e. The maximum Gasteiger partial charge on any atom is 0.324 e. The maximum absolute atomic E-state index is 12.9. The van der Waals surface area contributed by atoms with Gasteiger partial charge in [-0.15, -0.1) is 13.2 Å². The molecular weight excluding hydrogens is 480 g/mol. The number of cyclic esters (lactones) is 2. The lowest BCUT2D eigenvalue weighted by molar-refractivity contribution is -0.241. The van der Waals surface area contributed by atoms with Crippen molar-refractivity contribution in [2.45, 2.75) is 56.8 Å². The molecule has 3 atom stereocenters. The van der Waals surface area contributed by atoms with E-state index < -0.39 is 46.5 Å². The summed E-state index contributed by atoms with van der Waals surface area (Å²) in [6.07, 6.45) is 7.83. The Balaban J connectivity index is 2.49. The maximum atomic E-state index is 12.9. The second-order valence-corrected chi connectivity index (χ2v) is 10.3. The van der Waals surface area contributed by atoms with E-state index in [-0.39, 0.29) is 6.79 Å². The first kappa shape index (κ1) is 29.4. The molecule has 0 aliphatic carbocycles. The molecule has 1 aromatic carbocycles. The fourth-order valence-corrected chi connectivity index (χ4v) is 4.59. The van der Waals surface area contributed by atoms with Gasteiger partial charge in [0.2, 0.25) is 0 Å². The number of carbonyl (C=O) groups is 2. The normalized spacial score (nSPS) is 18.8. The summed E-state index contributed by atoms with van der Waals surface area (Å²) >= 11 is 0. The molecule has 1 fully saturated rings. The van der Waals surface area contributed by atoms with Gasteiger partial charge in [-0.2, -0.15) is 0 Å². The van der Waals surface area contributed by atoms with E-state index in [1.54, 1.807) is 29.7 Å². The highest BCUT2D eigenvalue weighted by Crippen LogP contribution is 2.33. The van der Waals surface area contributed by atoms with Crippen molar-refractivity contribution in [3.63, 3.8) is 0 Å². The first-order chi connectivity index (χ1) is 17.1. The lowest BCUT2D eigenvalue weighted by Gasteiger charge is -2.35. The highest BCUT2D eigenvalue weighted by atomic mass is 32.2. The zero-order chi connectivity index (χ0) is 26.7. The van der Waals surface area contributed by atoms with Crippen LogP contribution in [0.3, 0.4) is 0 Å². The zero-order valence-electron chi connectivity index (χ0n) is 21.4. The Bertz CT molecular complexity index is 987. The molecule has 0 amide bonds. The van der Waals surface area contributed by atoms with Gasteiger partial charge in [0.05, 0.1) is 16.9 Å². The molecule has 1 aromatic rings. The SMILES string of the molecule is C=CCC[C@@H](/C=C(/C=C\S(=O)c1ccc(C)cc1)[C@@H](CC=C)OCOC)C1C(=O)OC(C)(C)OC1=O. The number of aryl methyl sites for hydroxylation is 1. The standard InChI is InChI=1S/C28H36O7S/c1-7-9-11-22(25-26(29)34-28(4,5)35-27(25)30)18-21(24(10-8-2)33-19-32-6)16-17-36(31)23-14-12-20(3)13-15-23/h7-8,12-18,22,24-25H,1-2,9-11,19H2,3-6H3/b17-16-,21-18-/t22-,24+,36?/m0/s1. The van der Waals surface area contributed by atoms with E-state index in [0.29, 0.717) is 29.7 Å². The van der Waals surface area contributed by atoms with Gasteiger partial charge in [0.1, 0.15) is 6.79 Å². The van der Waals surface area contributed by atoms with Gasteiger partial charge in [-0.25, -0.2) is 4.21 Å². The second kappa shape index (κ2) is 14.1. The minimum Gasteiger partial charge on any atom is -0.422 e. The lowest BCUT2D eigenvalue weighted by atomic mass is 9.84. The van der Waals surface area contributed by atoms with Crippen LogP contribution in [-0.2, 0) is 39.3 Å². The summed E-state index contributed by atoms with van der Waals surface area (Å²) in [6, 6.07) is 7.41. The van der Waals surface area contributed by atoms with Gasteiger partial charge in [0.15, 0.2) is 5.92 Å². The van der Waals surface area contributed by atoms with Crippen molar-refractivity contribution in [3.8, 4) is 0 Å². The molecule has 7 nitrogen and oxygen atoms in total. The Morgan fingerprint density at radius 3 is 2.33 bits per heavy atom. The van der Waals surface area contributed by atoms with Crippen molar-refractivity contribution in [1.29, 1.82) is 0 Å². The van der Waals surface area contributed by atoms with E-state index in [1.165, 1.54) is 21.0 Å².